The molecule has 152 valence electrons. The quantitative estimate of drug-likeness (QED) is 0.456. The lowest BCUT2D eigenvalue weighted by Gasteiger charge is -2.26. The molecule has 1 aliphatic rings. The SMILES string of the molecule is CN=C(NCc1ccc(CN2CCCC2)cc1)NCC(C)(C)NS(C)(=O)=O. The van der Waals surface area contributed by atoms with Gasteiger partial charge in [-0.2, -0.15) is 0 Å². The van der Waals surface area contributed by atoms with Crippen molar-refractivity contribution in [3.05, 3.63) is 35.4 Å². The number of likely N-dealkylation sites (tertiary alicyclic amines) is 1. The van der Waals surface area contributed by atoms with Gasteiger partial charge in [0.25, 0.3) is 0 Å². The van der Waals surface area contributed by atoms with Crippen molar-refractivity contribution in [1.29, 1.82) is 0 Å². The van der Waals surface area contributed by atoms with Gasteiger partial charge in [0.2, 0.25) is 10.0 Å². The number of hydrogen-bond donors (Lipinski definition) is 3. The van der Waals surface area contributed by atoms with Gasteiger partial charge in [-0.25, -0.2) is 13.1 Å². The number of guanidine groups is 1. The topological polar surface area (TPSA) is 85.8 Å². The van der Waals surface area contributed by atoms with Crippen LogP contribution in [-0.4, -0.2) is 57.8 Å². The van der Waals surface area contributed by atoms with Crippen LogP contribution in [0.4, 0.5) is 0 Å². The zero-order chi connectivity index (χ0) is 19.9. The largest absolute Gasteiger partial charge is 0.355 e. The van der Waals surface area contributed by atoms with Gasteiger partial charge in [-0.15, -0.1) is 0 Å². The molecule has 0 radical (unpaired) electrons. The first-order chi connectivity index (χ1) is 12.7. The summed E-state index contributed by atoms with van der Waals surface area (Å²) < 4.78 is 25.4. The number of rotatable bonds is 8. The van der Waals surface area contributed by atoms with Crippen LogP contribution in [0.15, 0.2) is 29.3 Å². The molecule has 0 amide bonds. The molecule has 1 heterocycles. The Balaban J connectivity index is 1.79. The Bertz CT molecular complexity index is 723. The van der Waals surface area contributed by atoms with Crippen molar-refractivity contribution in [2.75, 3.05) is 32.9 Å². The van der Waals surface area contributed by atoms with E-state index in [1.807, 2.05) is 13.8 Å². The van der Waals surface area contributed by atoms with Crippen LogP contribution >= 0.6 is 0 Å². The van der Waals surface area contributed by atoms with Crippen LogP contribution in [0.3, 0.4) is 0 Å². The number of benzene rings is 1. The van der Waals surface area contributed by atoms with Crippen molar-refractivity contribution in [2.24, 2.45) is 4.99 Å². The second kappa shape index (κ2) is 9.52. The van der Waals surface area contributed by atoms with Crippen molar-refractivity contribution in [1.82, 2.24) is 20.3 Å². The van der Waals surface area contributed by atoms with E-state index in [1.54, 1.807) is 7.05 Å². The summed E-state index contributed by atoms with van der Waals surface area (Å²) in [5, 5.41) is 6.43. The summed E-state index contributed by atoms with van der Waals surface area (Å²) in [5.41, 5.74) is 1.91. The minimum atomic E-state index is -3.26. The molecule has 0 bridgehead atoms. The molecule has 0 saturated carbocycles. The van der Waals surface area contributed by atoms with E-state index in [-0.39, 0.29) is 0 Å². The smallest absolute Gasteiger partial charge is 0.209 e. The van der Waals surface area contributed by atoms with Gasteiger partial charge in [-0.05, 0) is 50.9 Å². The predicted molar refractivity (Wildman–Crippen MR) is 111 cm³/mol. The molecule has 1 saturated heterocycles. The Morgan fingerprint density at radius 3 is 2.26 bits per heavy atom. The molecule has 3 N–H and O–H groups in total. The number of nitrogens with zero attached hydrogens (tertiary/aromatic N) is 2. The summed E-state index contributed by atoms with van der Waals surface area (Å²) in [7, 11) is -1.56. The molecule has 0 unspecified atom stereocenters. The lowest BCUT2D eigenvalue weighted by atomic mass is 10.1. The van der Waals surface area contributed by atoms with E-state index in [0.29, 0.717) is 19.0 Å². The fourth-order valence-electron chi connectivity index (χ4n) is 3.21. The molecule has 27 heavy (non-hydrogen) atoms. The van der Waals surface area contributed by atoms with E-state index < -0.39 is 15.6 Å². The maximum absolute atomic E-state index is 11.4. The Morgan fingerprint density at radius 1 is 1.11 bits per heavy atom. The third-order valence-corrected chi connectivity index (χ3v) is 5.39. The number of aliphatic imine (C=N–C) groups is 1. The lowest BCUT2D eigenvalue weighted by Crippen LogP contribution is -2.52. The fraction of sp³-hybridized carbons (Fsp3) is 0.632. The first-order valence-corrected chi connectivity index (χ1v) is 11.3. The monoisotopic (exact) mass is 395 g/mol. The molecule has 1 aromatic carbocycles. The van der Waals surface area contributed by atoms with Crippen LogP contribution < -0.4 is 15.4 Å². The lowest BCUT2D eigenvalue weighted by molar-refractivity contribution is 0.331. The van der Waals surface area contributed by atoms with Crippen molar-refractivity contribution in [3.63, 3.8) is 0 Å². The highest BCUT2D eigenvalue weighted by atomic mass is 32.2. The highest BCUT2D eigenvalue weighted by Gasteiger charge is 2.22. The normalized spacial score (nSPS) is 16.5. The second-order valence-electron chi connectivity index (χ2n) is 7.84. The first-order valence-electron chi connectivity index (χ1n) is 9.40. The number of sulfonamides is 1. The molecule has 0 spiro atoms. The zero-order valence-corrected chi connectivity index (χ0v) is 17.7. The summed E-state index contributed by atoms with van der Waals surface area (Å²) in [4.78, 5) is 6.69. The van der Waals surface area contributed by atoms with Crippen LogP contribution in [0.1, 0.15) is 37.8 Å². The van der Waals surface area contributed by atoms with Crippen LogP contribution in [0.25, 0.3) is 0 Å². The van der Waals surface area contributed by atoms with E-state index >= 15 is 0 Å². The molecule has 1 aliphatic heterocycles. The predicted octanol–water partition coefficient (Wildman–Crippen LogP) is 1.28. The summed E-state index contributed by atoms with van der Waals surface area (Å²) in [6.07, 6.45) is 3.78. The Morgan fingerprint density at radius 2 is 1.70 bits per heavy atom. The molecule has 8 heteroatoms. The Kier molecular flexibility index (Phi) is 7.64. The molecular formula is C19H33N5O2S. The summed E-state index contributed by atoms with van der Waals surface area (Å²) in [6.45, 7) is 8.17. The van der Waals surface area contributed by atoms with Gasteiger partial charge < -0.3 is 10.6 Å². The first kappa shape index (κ1) is 21.7. The van der Waals surface area contributed by atoms with E-state index in [2.05, 4.69) is 49.5 Å². The van der Waals surface area contributed by atoms with Crippen LogP contribution in [-0.2, 0) is 23.1 Å². The third kappa shape index (κ3) is 8.28. The van der Waals surface area contributed by atoms with E-state index in [1.165, 1.54) is 37.1 Å². The van der Waals surface area contributed by atoms with Gasteiger partial charge in [0.15, 0.2) is 5.96 Å². The van der Waals surface area contributed by atoms with E-state index in [4.69, 9.17) is 0 Å². The average Bonchev–Trinajstić information content (AvgIpc) is 3.07. The Hall–Kier alpha value is -1.64. The molecule has 0 aromatic heterocycles. The third-order valence-electron chi connectivity index (χ3n) is 4.47. The Labute approximate surface area is 163 Å². The van der Waals surface area contributed by atoms with Gasteiger partial charge in [0.05, 0.1) is 6.26 Å². The molecule has 0 aliphatic carbocycles. The van der Waals surface area contributed by atoms with Crippen molar-refractivity contribution >= 4 is 16.0 Å². The van der Waals surface area contributed by atoms with Gasteiger partial charge in [0.1, 0.15) is 0 Å². The zero-order valence-electron chi connectivity index (χ0n) is 16.9. The van der Waals surface area contributed by atoms with Gasteiger partial charge in [-0.1, -0.05) is 24.3 Å². The average molecular weight is 396 g/mol. The van der Waals surface area contributed by atoms with Gasteiger partial charge >= 0.3 is 0 Å². The maximum atomic E-state index is 11.4. The maximum Gasteiger partial charge on any atom is 0.209 e. The highest BCUT2D eigenvalue weighted by molar-refractivity contribution is 7.88. The highest BCUT2D eigenvalue weighted by Crippen LogP contribution is 2.13. The molecular weight excluding hydrogens is 362 g/mol. The van der Waals surface area contributed by atoms with E-state index in [9.17, 15) is 8.42 Å². The number of nitrogens with one attached hydrogen (secondary N) is 3. The molecule has 2 rings (SSSR count). The summed E-state index contributed by atoms with van der Waals surface area (Å²) in [5.74, 6) is 0.638. The minimum absolute atomic E-state index is 0.425. The van der Waals surface area contributed by atoms with Gasteiger partial charge in [0, 0.05) is 32.2 Å². The summed E-state index contributed by atoms with van der Waals surface area (Å²) in [6, 6.07) is 8.65. The summed E-state index contributed by atoms with van der Waals surface area (Å²) >= 11 is 0. The van der Waals surface area contributed by atoms with Crippen LogP contribution in [0.5, 0.6) is 0 Å². The molecule has 0 atom stereocenters. The fourth-order valence-corrected chi connectivity index (χ4v) is 4.29. The van der Waals surface area contributed by atoms with Crippen molar-refractivity contribution < 1.29 is 8.42 Å². The van der Waals surface area contributed by atoms with Crippen LogP contribution in [0.2, 0.25) is 0 Å². The van der Waals surface area contributed by atoms with E-state index in [0.717, 1.165) is 12.8 Å². The van der Waals surface area contributed by atoms with Crippen LogP contribution in [0, 0.1) is 0 Å². The van der Waals surface area contributed by atoms with Gasteiger partial charge in [-0.3, -0.25) is 9.89 Å². The number of hydrogen-bond acceptors (Lipinski definition) is 4. The van der Waals surface area contributed by atoms with Crippen molar-refractivity contribution in [3.8, 4) is 0 Å². The molecule has 1 fully saturated rings. The standard InChI is InChI=1S/C19H33N5O2S/c1-19(2,23-27(4,25)26)15-22-18(20-3)21-13-16-7-9-17(10-8-16)14-24-11-5-6-12-24/h7-10,23H,5-6,11-15H2,1-4H3,(H2,20,21,22). The molecule has 7 nitrogen and oxygen atoms in total. The molecule has 1 aromatic rings. The minimum Gasteiger partial charge on any atom is -0.355 e. The second-order valence-corrected chi connectivity index (χ2v) is 9.59. The van der Waals surface area contributed by atoms with Crippen molar-refractivity contribution in [2.45, 2.75) is 45.3 Å².